The largest absolute Gasteiger partial charge is 0.331 e. The van der Waals surface area contributed by atoms with Gasteiger partial charge >= 0.3 is 5.00 Å². The van der Waals surface area contributed by atoms with Crippen LogP contribution in [0.15, 0.2) is 22.9 Å². The summed E-state index contributed by atoms with van der Waals surface area (Å²) in [5, 5.41) is 24.9. The molecule has 0 radical (unpaired) electrons. The Morgan fingerprint density at radius 3 is 2.50 bits per heavy atom. The fourth-order valence-electron chi connectivity index (χ4n) is 1.28. The Labute approximate surface area is 109 Å². The zero-order valence-corrected chi connectivity index (χ0v) is 10.4. The van der Waals surface area contributed by atoms with Gasteiger partial charge in [0.1, 0.15) is 10.9 Å². The molecule has 0 saturated heterocycles. The van der Waals surface area contributed by atoms with E-state index >= 15 is 0 Å². The first-order valence-corrected chi connectivity index (χ1v) is 6.47. The second-order valence-electron chi connectivity index (χ2n) is 3.24. The van der Waals surface area contributed by atoms with E-state index in [0.29, 0.717) is 0 Å². The number of hydrogen-bond acceptors (Lipinski definition) is 6. The summed E-state index contributed by atoms with van der Waals surface area (Å²) in [6, 6.07) is 2.84. The van der Waals surface area contributed by atoms with Gasteiger partial charge in [-0.3, -0.25) is 20.2 Å². The summed E-state index contributed by atoms with van der Waals surface area (Å²) in [6.45, 7) is 0. The third-order valence-electron chi connectivity index (χ3n) is 2.07. The Morgan fingerprint density at radius 2 is 1.94 bits per heavy atom. The van der Waals surface area contributed by atoms with Gasteiger partial charge in [0.05, 0.1) is 9.85 Å². The van der Waals surface area contributed by atoms with Crippen molar-refractivity contribution in [3.8, 4) is 0 Å². The molecule has 0 aliphatic carbocycles. The standard InChI is InChI=1S/C10H6N2O4S2/c13-11(14)8-5-10(12(15)16)18-9(8)2-1-7-3-4-17-6-7/h1-6H/b2-1+. The molecule has 0 bridgehead atoms. The fourth-order valence-corrected chi connectivity index (χ4v) is 2.75. The van der Waals surface area contributed by atoms with E-state index in [2.05, 4.69) is 0 Å². The molecule has 6 nitrogen and oxygen atoms in total. The lowest BCUT2D eigenvalue weighted by Gasteiger charge is -1.87. The minimum absolute atomic E-state index is 0.230. The van der Waals surface area contributed by atoms with Crippen molar-refractivity contribution in [2.45, 2.75) is 0 Å². The number of rotatable bonds is 4. The minimum Gasteiger partial charge on any atom is -0.258 e. The van der Waals surface area contributed by atoms with Gasteiger partial charge in [0.15, 0.2) is 0 Å². The van der Waals surface area contributed by atoms with E-state index in [1.54, 1.807) is 6.08 Å². The Balaban J connectivity index is 2.37. The second-order valence-corrected chi connectivity index (χ2v) is 5.08. The highest BCUT2D eigenvalue weighted by Gasteiger charge is 2.22. The van der Waals surface area contributed by atoms with Crippen molar-refractivity contribution >= 4 is 45.5 Å². The summed E-state index contributed by atoms with van der Waals surface area (Å²) >= 11 is 2.30. The maximum absolute atomic E-state index is 10.8. The Kier molecular flexibility index (Phi) is 3.49. The van der Waals surface area contributed by atoms with Crippen LogP contribution >= 0.6 is 22.7 Å². The van der Waals surface area contributed by atoms with Crippen molar-refractivity contribution in [1.82, 2.24) is 0 Å². The number of nitrogens with zero attached hydrogens (tertiary/aromatic N) is 2. The first-order chi connectivity index (χ1) is 8.58. The maximum atomic E-state index is 10.8. The quantitative estimate of drug-likeness (QED) is 0.630. The number of hydrogen-bond donors (Lipinski definition) is 0. The molecule has 2 heterocycles. The van der Waals surface area contributed by atoms with E-state index < -0.39 is 9.85 Å². The Bertz CT molecular complexity index is 616. The van der Waals surface area contributed by atoms with Crippen LogP contribution in [0.1, 0.15) is 10.4 Å². The summed E-state index contributed by atoms with van der Waals surface area (Å²) in [5.74, 6) is 0. The molecule has 2 rings (SSSR count). The highest BCUT2D eigenvalue weighted by Crippen LogP contribution is 2.35. The summed E-state index contributed by atoms with van der Waals surface area (Å²) < 4.78 is 0. The van der Waals surface area contributed by atoms with Crippen LogP contribution in [-0.2, 0) is 0 Å². The van der Waals surface area contributed by atoms with E-state index in [1.807, 2.05) is 16.8 Å². The molecule has 92 valence electrons. The normalized spacial score (nSPS) is 10.9. The molecule has 0 unspecified atom stereocenters. The van der Waals surface area contributed by atoms with Crippen LogP contribution in [-0.4, -0.2) is 9.85 Å². The van der Waals surface area contributed by atoms with Gasteiger partial charge in [0, 0.05) is 0 Å². The predicted octanol–water partition coefficient (Wildman–Crippen LogP) is 3.80. The van der Waals surface area contributed by atoms with Crippen LogP contribution in [0, 0.1) is 20.2 Å². The number of thiophene rings is 2. The van der Waals surface area contributed by atoms with E-state index in [1.165, 1.54) is 17.4 Å². The second kappa shape index (κ2) is 5.07. The zero-order valence-electron chi connectivity index (χ0n) is 8.81. The lowest BCUT2D eigenvalue weighted by molar-refractivity contribution is -0.390. The highest BCUT2D eigenvalue weighted by molar-refractivity contribution is 7.16. The smallest absolute Gasteiger partial charge is 0.258 e. The molecule has 0 aliphatic heterocycles. The van der Waals surface area contributed by atoms with Crippen molar-refractivity contribution in [3.63, 3.8) is 0 Å². The van der Waals surface area contributed by atoms with Crippen molar-refractivity contribution in [2.24, 2.45) is 0 Å². The molecule has 2 aromatic rings. The summed E-state index contributed by atoms with van der Waals surface area (Å²) in [5.41, 5.74) is 0.670. The van der Waals surface area contributed by atoms with E-state index in [9.17, 15) is 20.2 Å². The van der Waals surface area contributed by atoms with Gasteiger partial charge in [0.25, 0.3) is 5.69 Å². The van der Waals surface area contributed by atoms with Crippen LogP contribution in [0.3, 0.4) is 0 Å². The predicted molar refractivity (Wildman–Crippen MR) is 70.9 cm³/mol. The van der Waals surface area contributed by atoms with Gasteiger partial charge in [-0.1, -0.05) is 17.4 Å². The van der Waals surface area contributed by atoms with Crippen LogP contribution < -0.4 is 0 Å². The summed E-state index contributed by atoms with van der Waals surface area (Å²) in [6.07, 6.45) is 3.22. The van der Waals surface area contributed by atoms with Crippen molar-refractivity contribution in [3.05, 3.63) is 53.6 Å². The topological polar surface area (TPSA) is 86.3 Å². The van der Waals surface area contributed by atoms with Gasteiger partial charge in [-0.2, -0.15) is 11.3 Å². The molecule has 0 fully saturated rings. The van der Waals surface area contributed by atoms with E-state index in [0.717, 1.165) is 23.0 Å². The lowest BCUT2D eigenvalue weighted by atomic mass is 10.3. The molecule has 0 saturated carbocycles. The SMILES string of the molecule is O=[N+]([O-])c1cc([N+](=O)[O-])c(/C=C/c2ccsc2)s1. The molecule has 0 aliphatic rings. The van der Waals surface area contributed by atoms with Crippen LogP contribution in [0.25, 0.3) is 12.2 Å². The molecule has 0 atom stereocenters. The van der Waals surface area contributed by atoms with Gasteiger partial charge in [-0.25, -0.2) is 0 Å². The average Bonchev–Trinajstić information content (AvgIpc) is 2.95. The highest BCUT2D eigenvalue weighted by atomic mass is 32.1. The molecule has 2 aromatic heterocycles. The zero-order chi connectivity index (χ0) is 13.1. The van der Waals surface area contributed by atoms with Gasteiger partial charge in [-0.15, -0.1) is 0 Å². The number of nitro groups is 2. The Hall–Kier alpha value is -2.06. The molecule has 18 heavy (non-hydrogen) atoms. The fraction of sp³-hybridized carbons (Fsp3) is 0. The monoisotopic (exact) mass is 282 g/mol. The molecule has 0 aromatic carbocycles. The van der Waals surface area contributed by atoms with E-state index in [4.69, 9.17) is 0 Å². The summed E-state index contributed by atoms with van der Waals surface area (Å²) in [7, 11) is 0. The molecule has 0 amide bonds. The van der Waals surface area contributed by atoms with Gasteiger partial charge in [0.2, 0.25) is 0 Å². The van der Waals surface area contributed by atoms with Gasteiger partial charge in [-0.05, 0) is 28.5 Å². The lowest BCUT2D eigenvalue weighted by Crippen LogP contribution is -1.86. The van der Waals surface area contributed by atoms with Crippen LogP contribution in [0.4, 0.5) is 10.7 Å². The third kappa shape index (κ3) is 2.60. The molecular weight excluding hydrogens is 276 g/mol. The Morgan fingerprint density at radius 1 is 1.17 bits per heavy atom. The first kappa shape index (κ1) is 12.4. The first-order valence-electron chi connectivity index (χ1n) is 4.71. The molecule has 0 N–H and O–H groups in total. The van der Waals surface area contributed by atoms with Crippen molar-refractivity contribution in [2.75, 3.05) is 0 Å². The molecule has 8 heteroatoms. The molecule has 0 spiro atoms. The summed E-state index contributed by atoms with van der Waals surface area (Å²) in [4.78, 5) is 20.4. The van der Waals surface area contributed by atoms with Crippen LogP contribution in [0.5, 0.6) is 0 Å². The van der Waals surface area contributed by atoms with Crippen molar-refractivity contribution < 1.29 is 9.85 Å². The third-order valence-corrected chi connectivity index (χ3v) is 3.82. The van der Waals surface area contributed by atoms with Crippen molar-refractivity contribution in [1.29, 1.82) is 0 Å². The average molecular weight is 282 g/mol. The molecular formula is C10H6N2O4S2. The van der Waals surface area contributed by atoms with E-state index in [-0.39, 0.29) is 15.6 Å². The minimum atomic E-state index is -0.625. The maximum Gasteiger partial charge on any atom is 0.331 e. The van der Waals surface area contributed by atoms with Gasteiger partial charge < -0.3 is 0 Å². The van der Waals surface area contributed by atoms with Crippen LogP contribution in [0.2, 0.25) is 0 Å².